The Kier molecular flexibility index (Phi) is 3.48. The Morgan fingerprint density at radius 3 is 2.62 bits per heavy atom. The van der Waals surface area contributed by atoms with Gasteiger partial charge in [-0.25, -0.2) is 0 Å². The summed E-state index contributed by atoms with van der Waals surface area (Å²) in [6.07, 6.45) is 4.29. The van der Waals surface area contributed by atoms with Gasteiger partial charge in [-0.15, -0.1) is 0 Å². The number of thioether (sulfide) groups is 1. The van der Waals surface area contributed by atoms with Crippen LogP contribution in [0.3, 0.4) is 0 Å². The maximum Gasteiger partial charge on any atom is 0.289 e. The molecule has 5 nitrogen and oxygen atoms in total. The molecule has 2 fully saturated rings. The van der Waals surface area contributed by atoms with Crippen molar-refractivity contribution in [3.63, 3.8) is 0 Å². The van der Waals surface area contributed by atoms with Crippen molar-refractivity contribution in [2.75, 3.05) is 12.3 Å². The zero-order valence-corrected chi connectivity index (χ0v) is 9.72. The van der Waals surface area contributed by atoms with Crippen molar-refractivity contribution in [1.29, 1.82) is 0 Å². The summed E-state index contributed by atoms with van der Waals surface area (Å²) in [5, 5.41) is 2.54. The van der Waals surface area contributed by atoms with E-state index in [2.05, 4.69) is 5.32 Å². The molecule has 0 aromatic heterocycles. The average molecular weight is 242 g/mol. The van der Waals surface area contributed by atoms with Crippen LogP contribution in [0.4, 0.5) is 4.79 Å². The number of rotatable bonds is 3. The molecule has 0 aromatic rings. The van der Waals surface area contributed by atoms with Crippen LogP contribution in [0.2, 0.25) is 0 Å². The fourth-order valence-electron chi connectivity index (χ4n) is 2.02. The van der Waals surface area contributed by atoms with E-state index in [-0.39, 0.29) is 35.4 Å². The Hall–Kier alpha value is -1.04. The molecule has 1 aliphatic heterocycles. The van der Waals surface area contributed by atoms with Crippen LogP contribution < -0.4 is 5.32 Å². The van der Waals surface area contributed by atoms with Crippen LogP contribution in [0, 0.1) is 0 Å². The van der Waals surface area contributed by atoms with Gasteiger partial charge < -0.3 is 5.32 Å². The minimum atomic E-state index is -0.313. The molecule has 3 amide bonds. The molecule has 0 radical (unpaired) electrons. The first-order valence-electron chi connectivity index (χ1n) is 5.43. The predicted octanol–water partition coefficient (Wildman–Crippen LogP) is 0.741. The third kappa shape index (κ3) is 2.55. The summed E-state index contributed by atoms with van der Waals surface area (Å²) in [5.74, 6) is -0.331. The number of carbonyl (C=O) groups is 3. The first kappa shape index (κ1) is 11.4. The molecule has 0 atom stereocenters. The summed E-state index contributed by atoms with van der Waals surface area (Å²) in [6, 6.07) is 0.230. The van der Waals surface area contributed by atoms with E-state index in [4.69, 9.17) is 0 Å². The number of amides is 3. The third-order valence-corrected chi connectivity index (χ3v) is 3.72. The lowest BCUT2D eigenvalue weighted by atomic mass is 10.2. The van der Waals surface area contributed by atoms with E-state index in [1.54, 1.807) is 0 Å². The molecule has 2 rings (SSSR count). The van der Waals surface area contributed by atoms with E-state index in [1.165, 1.54) is 0 Å². The summed E-state index contributed by atoms with van der Waals surface area (Å²) in [7, 11) is 0. The van der Waals surface area contributed by atoms with Gasteiger partial charge >= 0.3 is 0 Å². The van der Waals surface area contributed by atoms with E-state index in [9.17, 15) is 14.4 Å². The molecule has 0 bridgehead atoms. The number of carbonyl (C=O) groups excluding carboxylic acids is 3. The van der Waals surface area contributed by atoms with Crippen LogP contribution in [0.1, 0.15) is 25.7 Å². The van der Waals surface area contributed by atoms with Crippen LogP contribution in [0.25, 0.3) is 0 Å². The normalized spacial score (nSPS) is 21.9. The second-order valence-electron chi connectivity index (χ2n) is 4.08. The van der Waals surface area contributed by atoms with Crippen LogP contribution in [0.5, 0.6) is 0 Å². The quantitative estimate of drug-likeness (QED) is 0.792. The average Bonchev–Trinajstić information content (AvgIpc) is 2.83. The van der Waals surface area contributed by atoms with Crippen molar-refractivity contribution in [2.24, 2.45) is 0 Å². The highest BCUT2D eigenvalue weighted by molar-refractivity contribution is 8.14. The van der Waals surface area contributed by atoms with Crippen LogP contribution in [0.15, 0.2) is 0 Å². The number of hydrogen-bond donors (Lipinski definition) is 1. The van der Waals surface area contributed by atoms with Gasteiger partial charge in [-0.2, -0.15) is 0 Å². The van der Waals surface area contributed by atoms with Crippen molar-refractivity contribution >= 4 is 28.8 Å². The predicted molar refractivity (Wildman–Crippen MR) is 60.0 cm³/mol. The second kappa shape index (κ2) is 4.86. The summed E-state index contributed by atoms with van der Waals surface area (Å²) in [4.78, 5) is 35.1. The molecule has 1 heterocycles. The first-order chi connectivity index (χ1) is 7.66. The van der Waals surface area contributed by atoms with Gasteiger partial charge in [0.05, 0.1) is 5.75 Å². The van der Waals surface area contributed by atoms with Crippen molar-refractivity contribution in [2.45, 2.75) is 31.7 Å². The largest absolute Gasteiger partial charge is 0.352 e. The highest BCUT2D eigenvalue weighted by atomic mass is 32.2. The molecule has 0 spiro atoms. The molecule has 1 aliphatic carbocycles. The van der Waals surface area contributed by atoms with Crippen molar-refractivity contribution in [3.8, 4) is 0 Å². The van der Waals surface area contributed by atoms with E-state index in [1.807, 2.05) is 0 Å². The van der Waals surface area contributed by atoms with Crippen LogP contribution in [-0.4, -0.2) is 40.3 Å². The molecular formula is C10H14N2O3S. The molecule has 0 aromatic carbocycles. The molecule has 6 heteroatoms. The lowest BCUT2D eigenvalue weighted by molar-refractivity contribution is -0.130. The van der Waals surface area contributed by atoms with Crippen LogP contribution >= 0.6 is 11.8 Å². The molecule has 1 N–H and O–H groups in total. The van der Waals surface area contributed by atoms with E-state index >= 15 is 0 Å². The molecule has 16 heavy (non-hydrogen) atoms. The van der Waals surface area contributed by atoms with Gasteiger partial charge in [0, 0.05) is 6.04 Å². The van der Waals surface area contributed by atoms with Gasteiger partial charge in [-0.1, -0.05) is 24.6 Å². The van der Waals surface area contributed by atoms with Gasteiger partial charge in [0.15, 0.2) is 0 Å². The Labute approximate surface area is 97.9 Å². The monoisotopic (exact) mass is 242 g/mol. The van der Waals surface area contributed by atoms with E-state index in [0.717, 1.165) is 42.3 Å². The lowest BCUT2D eigenvalue weighted by Gasteiger charge is -2.15. The summed E-state index contributed by atoms with van der Waals surface area (Å²) < 4.78 is 0. The minimum Gasteiger partial charge on any atom is -0.352 e. The summed E-state index contributed by atoms with van der Waals surface area (Å²) >= 11 is 0.956. The number of nitrogens with zero attached hydrogens (tertiary/aromatic N) is 1. The first-order valence-corrected chi connectivity index (χ1v) is 6.42. The number of hydrogen-bond acceptors (Lipinski definition) is 4. The highest BCUT2D eigenvalue weighted by Gasteiger charge is 2.31. The molecule has 0 unspecified atom stereocenters. The Balaban J connectivity index is 1.82. The summed E-state index contributed by atoms with van der Waals surface area (Å²) in [5.41, 5.74) is 0. The fraction of sp³-hybridized carbons (Fsp3) is 0.700. The van der Waals surface area contributed by atoms with Gasteiger partial charge in [-0.05, 0) is 12.8 Å². The molecule has 2 aliphatic rings. The van der Waals surface area contributed by atoms with E-state index in [0.29, 0.717) is 0 Å². The van der Waals surface area contributed by atoms with Gasteiger partial charge in [0.2, 0.25) is 11.8 Å². The van der Waals surface area contributed by atoms with E-state index < -0.39 is 0 Å². The van der Waals surface area contributed by atoms with Crippen molar-refractivity contribution in [3.05, 3.63) is 0 Å². The zero-order valence-electron chi connectivity index (χ0n) is 8.90. The standard InChI is InChI=1S/C10H14N2O3S/c13-8(11-7-3-1-2-4-7)5-12-9(14)6-16-10(12)15/h7H,1-6H2,(H,11,13). The van der Waals surface area contributed by atoms with Gasteiger partial charge in [0.25, 0.3) is 5.24 Å². The van der Waals surface area contributed by atoms with Crippen molar-refractivity contribution in [1.82, 2.24) is 10.2 Å². The SMILES string of the molecule is O=C(CN1C(=O)CSC1=O)NC1CCCC1. The molecular weight excluding hydrogens is 228 g/mol. The maximum absolute atomic E-state index is 11.6. The molecule has 1 saturated heterocycles. The zero-order chi connectivity index (χ0) is 11.5. The van der Waals surface area contributed by atoms with Gasteiger partial charge in [-0.3, -0.25) is 19.3 Å². The second-order valence-corrected chi connectivity index (χ2v) is 5.01. The fourth-order valence-corrected chi connectivity index (χ4v) is 2.75. The molecule has 1 saturated carbocycles. The number of nitrogens with one attached hydrogen (secondary N) is 1. The highest BCUT2D eigenvalue weighted by Crippen LogP contribution is 2.19. The summed E-state index contributed by atoms with van der Waals surface area (Å²) in [6.45, 7) is -0.124. The Morgan fingerprint density at radius 2 is 2.06 bits per heavy atom. The smallest absolute Gasteiger partial charge is 0.289 e. The number of imide groups is 1. The third-order valence-electron chi connectivity index (χ3n) is 2.86. The maximum atomic E-state index is 11.6. The van der Waals surface area contributed by atoms with Crippen LogP contribution in [-0.2, 0) is 9.59 Å². The minimum absolute atomic E-state index is 0.124. The van der Waals surface area contributed by atoms with Crippen molar-refractivity contribution < 1.29 is 14.4 Å². The lowest BCUT2D eigenvalue weighted by Crippen LogP contribution is -2.42. The Morgan fingerprint density at radius 1 is 1.38 bits per heavy atom. The Bertz CT molecular complexity index is 310. The molecule has 88 valence electrons. The van der Waals surface area contributed by atoms with Gasteiger partial charge in [0.1, 0.15) is 6.54 Å². The topological polar surface area (TPSA) is 66.5 Å².